The van der Waals surface area contributed by atoms with Gasteiger partial charge in [0.25, 0.3) is 0 Å². The van der Waals surface area contributed by atoms with Crippen molar-refractivity contribution >= 4 is 11.6 Å². The van der Waals surface area contributed by atoms with Crippen LogP contribution >= 0.6 is 0 Å². The fourth-order valence-electron chi connectivity index (χ4n) is 2.45. The number of carbonyl (C=O) groups is 1. The number of nitrogens with one attached hydrogen (secondary N) is 1. The molecule has 1 aromatic rings. The van der Waals surface area contributed by atoms with Gasteiger partial charge in [-0.25, -0.2) is 0 Å². The summed E-state index contributed by atoms with van der Waals surface area (Å²) in [5.74, 6) is 0.0716. The minimum atomic E-state index is 0.0497. The zero-order valence-corrected chi connectivity index (χ0v) is 14.4. The number of amides is 1. The number of anilines is 1. The summed E-state index contributed by atoms with van der Waals surface area (Å²) in [6.07, 6.45) is 2.09. The van der Waals surface area contributed by atoms with Crippen molar-refractivity contribution in [2.75, 3.05) is 18.4 Å². The number of hydrogen-bond acceptors (Lipinski definition) is 2. The second-order valence-corrected chi connectivity index (χ2v) is 6.40. The largest absolute Gasteiger partial charge is 0.324 e. The zero-order valence-electron chi connectivity index (χ0n) is 14.4. The molecule has 0 aromatic heterocycles. The van der Waals surface area contributed by atoms with E-state index in [9.17, 15) is 4.79 Å². The Balaban J connectivity index is 2.79. The van der Waals surface area contributed by atoms with Crippen LogP contribution in [0.2, 0.25) is 0 Å². The number of carbonyl (C=O) groups excluding carboxylic acids is 1. The molecule has 21 heavy (non-hydrogen) atoms. The molecule has 0 heterocycles. The van der Waals surface area contributed by atoms with E-state index in [1.54, 1.807) is 0 Å². The number of nitrogens with zero attached hydrogens (tertiary/aromatic N) is 1. The normalized spacial score (nSPS) is 11.8. The molecule has 0 atom stereocenters. The van der Waals surface area contributed by atoms with Crippen LogP contribution in [0.1, 0.15) is 51.7 Å². The van der Waals surface area contributed by atoms with Gasteiger partial charge < -0.3 is 5.32 Å². The van der Waals surface area contributed by atoms with E-state index < -0.39 is 0 Å². The van der Waals surface area contributed by atoms with Crippen molar-refractivity contribution in [1.29, 1.82) is 0 Å². The maximum atomic E-state index is 12.4. The average molecular weight is 290 g/mol. The first-order valence-electron chi connectivity index (χ1n) is 7.93. The van der Waals surface area contributed by atoms with Gasteiger partial charge in [0, 0.05) is 11.2 Å². The van der Waals surface area contributed by atoms with Crippen LogP contribution in [0, 0.1) is 13.8 Å². The molecule has 0 aliphatic rings. The molecule has 0 unspecified atom stereocenters. The summed E-state index contributed by atoms with van der Waals surface area (Å²) in [6, 6.07) is 6.08. The highest BCUT2D eigenvalue weighted by atomic mass is 16.2. The van der Waals surface area contributed by atoms with Gasteiger partial charge in [-0.2, -0.15) is 0 Å². The third-order valence-corrected chi connectivity index (χ3v) is 4.29. The van der Waals surface area contributed by atoms with Crippen molar-refractivity contribution in [1.82, 2.24) is 4.90 Å². The summed E-state index contributed by atoms with van der Waals surface area (Å²) in [5, 5.41) is 3.08. The molecule has 118 valence electrons. The quantitative estimate of drug-likeness (QED) is 0.818. The van der Waals surface area contributed by atoms with Gasteiger partial charge in [0.05, 0.1) is 6.54 Å². The van der Waals surface area contributed by atoms with Crippen LogP contribution in [-0.4, -0.2) is 29.4 Å². The molecule has 0 aliphatic carbocycles. The highest BCUT2D eigenvalue weighted by Gasteiger charge is 2.26. The maximum absolute atomic E-state index is 12.4. The number of rotatable bonds is 7. The van der Waals surface area contributed by atoms with E-state index >= 15 is 0 Å². The Kier molecular flexibility index (Phi) is 6.41. The Hall–Kier alpha value is -1.35. The van der Waals surface area contributed by atoms with E-state index in [-0.39, 0.29) is 11.4 Å². The predicted octanol–water partition coefficient (Wildman–Crippen LogP) is 4.14. The minimum absolute atomic E-state index is 0.0497. The number of para-hydroxylation sites is 1. The molecule has 1 rings (SSSR count). The second-order valence-electron chi connectivity index (χ2n) is 6.40. The molecular formula is C18H30N2O. The van der Waals surface area contributed by atoms with Crippen LogP contribution in [0.25, 0.3) is 0 Å². The molecule has 0 fully saturated rings. The molecule has 3 nitrogen and oxygen atoms in total. The van der Waals surface area contributed by atoms with E-state index in [0.29, 0.717) is 6.54 Å². The van der Waals surface area contributed by atoms with Gasteiger partial charge in [-0.15, -0.1) is 0 Å². The van der Waals surface area contributed by atoms with Gasteiger partial charge in [-0.05, 0) is 58.2 Å². The third-order valence-electron chi connectivity index (χ3n) is 4.29. The monoisotopic (exact) mass is 290 g/mol. The second kappa shape index (κ2) is 7.60. The molecule has 3 heteroatoms. The zero-order chi connectivity index (χ0) is 16.0. The van der Waals surface area contributed by atoms with Crippen molar-refractivity contribution in [3.63, 3.8) is 0 Å². The number of hydrogen-bond donors (Lipinski definition) is 1. The summed E-state index contributed by atoms with van der Waals surface area (Å²) < 4.78 is 0. The minimum Gasteiger partial charge on any atom is -0.324 e. The molecule has 1 N–H and O–H groups in total. The fraction of sp³-hybridized carbons (Fsp3) is 0.611. The van der Waals surface area contributed by atoms with Crippen LogP contribution in [0.4, 0.5) is 5.69 Å². The Bertz CT molecular complexity index is 460. The maximum Gasteiger partial charge on any atom is 0.238 e. The van der Waals surface area contributed by atoms with E-state index in [1.165, 1.54) is 0 Å². The fourth-order valence-corrected chi connectivity index (χ4v) is 2.45. The van der Waals surface area contributed by atoms with Crippen LogP contribution in [0.15, 0.2) is 18.2 Å². The van der Waals surface area contributed by atoms with Gasteiger partial charge in [0.2, 0.25) is 5.91 Å². The lowest BCUT2D eigenvalue weighted by atomic mass is 9.99. The molecule has 0 saturated carbocycles. The third kappa shape index (κ3) is 4.85. The average Bonchev–Trinajstić information content (AvgIpc) is 2.42. The van der Waals surface area contributed by atoms with Crippen molar-refractivity contribution < 1.29 is 4.79 Å². The Labute approximate surface area is 129 Å². The van der Waals surface area contributed by atoms with E-state index in [4.69, 9.17) is 0 Å². The molecule has 0 radical (unpaired) electrons. The van der Waals surface area contributed by atoms with Crippen LogP contribution in [0.3, 0.4) is 0 Å². The molecule has 0 aliphatic heterocycles. The van der Waals surface area contributed by atoms with Crippen molar-refractivity contribution in [2.45, 2.75) is 59.9 Å². The van der Waals surface area contributed by atoms with E-state index in [1.807, 2.05) is 32.0 Å². The van der Waals surface area contributed by atoms with Gasteiger partial charge in [-0.3, -0.25) is 9.69 Å². The van der Waals surface area contributed by atoms with Crippen molar-refractivity contribution in [2.24, 2.45) is 0 Å². The first-order valence-corrected chi connectivity index (χ1v) is 7.93. The molecule has 1 aromatic carbocycles. The first-order chi connectivity index (χ1) is 9.81. The van der Waals surface area contributed by atoms with Crippen LogP contribution in [-0.2, 0) is 4.79 Å². The Morgan fingerprint density at radius 2 is 1.76 bits per heavy atom. The molecule has 0 saturated heterocycles. The highest BCUT2D eigenvalue weighted by Crippen LogP contribution is 2.21. The smallest absolute Gasteiger partial charge is 0.238 e. The van der Waals surface area contributed by atoms with Gasteiger partial charge in [0.15, 0.2) is 0 Å². The Morgan fingerprint density at radius 3 is 2.24 bits per heavy atom. The summed E-state index contributed by atoms with van der Waals surface area (Å²) in [6.45, 7) is 14.2. The molecule has 0 bridgehead atoms. The number of aryl methyl sites for hydroxylation is 2. The van der Waals surface area contributed by atoms with Gasteiger partial charge in [0.1, 0.15) is 0 Å². The van der Waals surface area contributed by atoms with Crippen LogP contribution in [0.5, 0.6) is 0 Å². The highest BCUT2D eigenvalue weighted by molar-refractivity contribution is 5.93. The van der Waals surface area contributed by atoms with Crippen molar-refractivity contribution in [3.8, 4) is 0 Å². The standard InChI is InChI=1S/C18H30N2O/c1-7-12-20(18(5,6)8-2)13-16(21)19-17-14(3)10-9-11-15(17)4/h9-11H,7-8,12-13H2,1-6H3,(H,19,21). The lowest BCUT2D eigenvalue weighted by molar-refractivity contribution is -0.118. The summed E-state index contributed by atoms with van der Waals surface area (Å²) in [7, 11) is 0. The van der Waals surface area contributed by atoms with Gasteiger partial charge >= 0.3 is 0 Å². The molecule has 1 amide bonds. The Morgan fingerprint density at radius 1 is 1.19 bits per heavy atom. The van der Waals surface area contributed by atoms with Crippen molar-refractivity contribution in [3.05, 3.63) is 29.3 Å². The lowest BCUT2D eigenvalue weighted by Crippen LogP contribution is -2.47. The van der Waals surface area contributed by atoms with Gasteiger partial charge in [-0.1, -0.05) is 32.0 Å². The summed E-state index contributed by atoms with van der Waals surface area (Å²) in [5.41, 5.74) is 3.22. The van der Waals surface area contributed by atoms with E-state index in [2.05, 4.69) is 37.9 Å². The SMILES string of the molecule is CCCN(CC(=O)Nc1c(C)cccc1C)C(C)(C)CC. The molecule has 0 spiro atoms. The van der Waals surface area contributed by atoms with Crippen LogP contribution < -0.4 is 5.32 Å². The summed E-state index contributed by atoms with van der Waals surface area (Å²) in [4.78, 5) is 14.7. The summed E-state index contributed by atoms with van der Waals surface area (Å²) >= 11 is 0. The van der Waals surface area contributed by atoms with E-state index in [0.717, 1.165) is 36.2 Å². The predicted molar refractivity (Wildman–Crippen MR) is 90.8 cm³/mol. The lowest BCUT2D eigenvalue weighted by Gasteiger charge is -2.37. The topological polar surface area (TPSA) is 32.3 Å². The first kappa shape index (κ1) is 17.7. The molecular weight excluding hydrogens is 260 g/mol. The number of benzene rings is 1.